The molecule has 0 saturated heterocycles. The lowest BCUT2D eigenvalue weighted by Crippen LogP contribution is -1.90. The Bertz CT molecular complexity index is 709. The van der Waals surface area contributed by atoms with E-state index in [1.807, 2.05) is 60.7 Å². The standard InChI is InChI=1S/C18H15NO2/c20-17-8-4-5-9-18(17)21-16-12-10-15(11-13-16)19-14-6-2-1-3-7-14/h1-13,19-20H. The maximum absolute atomic E-state index is 9.68. The summed E-state index contributed by atoms with van der Waals surface area (Å²) in [5.74, 6) is 1.25. The van der Waals surface area contributed by atoms with Crippen LogP contribution in [0.4, 0.5) is 11.4 Å². The minimum atomic E-state index is 0.129. The van der Waals surface area contributed by atoms with Crippen molar-refractivity contribution < 1.29 is 9.84 Å². The molecule has 0 aliphatic carbocycles. The number of ether oxygens (including phenoxy) is 1. The van der Waals surface area contributed by atoms with Gasteiger partial charge < -0.3 is 15.2 Å². The molecule has 0 fully saturated rings. The second-order valence-electron chi connectivity index (χ2n) is 4.59. The fraction of sp³-hybridized carbons (Fsp3) is 0. The van der Waals surface area contributed by atoms with Crippen LogP contribution in [0.15, 0.2) is 78.9 Å². The Morgan fingerprint density at radius 3 is 2.00 bits per heavy atom. The van der Waals surface area contributed by atoms with E-state index in [1.165, 1.54) is 0 Å². The highest BCUT2D eigenvalue weighted by atomic mass is 16.5. The summed E-state index contributed by atoms with van der Waals surface area (Å²) in [7, 11) is 0. The van der Waals surface area contributed by atoms with Crippen molar-refractivity contribution in [3.63, 3.8) is 0 Å². The molecule has 0 aliphatic rings. The summed E-state index contributed by atoms with van der Waals surface area (Å²) in [6.07, 6.45) is 0. The van der Waals surface area contributed by atoms with E-state index in [-0.39, 0.29) is 5.75 Å². The number of rotatable bonds is 4. The molecule has 3 aromatic rings. The lowest BCUT2D eigenvalue weighted by Gasteiger charge is -2.09. The van der Waals surface area contributed by atoms with Gasteiger partial charge in [-0.05, 0) is 48.5 Å². The quantitative estimate of drug-likeness (QED) is 0.710. The zero-order valence-electron chi connectivity index (χ0n) is 11.4. The Balaban J connectivity index is 1.71. The summed E-state index contributed by atoms with van der Waals surface area (Å²) >= 11 is 0. The van der Waals surface area contributed by atoms with Crippen LogP contribution in [-0.4, -0.2) is 5.11 Å². The van der Waals surface area contributed by atoms with Gasteiger partial charge in [-0.2, -0.15) is 0 Å². The van der Waals surface area contributed by atoms with Crippen molar-refractivity contribution in [2.24, 2.45) is 0 Å². The van der Waals surface area contributed by atoms with E-state index in [4.69, 9.17) is 4.74 Å². The monoisotopic (exact) mass is 277 g/mol. The number of phenolic OH excluding ortho intramolecular Hbond substituents is 1. The van der Waals surface area contributed by atoms with Gasteiger partial charge in [0.15, 0.2) is 11.5 Å². The minimum Gasteiger partial charge on any atom is -0.504 e. The van der Waals surface area contributed by atoms with E-state index >= 15 is 0 Å². The van der Waals surface area contributed by atoms with Gasteiger partial charge in [-0.3, -0.25) is 0 Å². The lowest BCUT2D eigenvalue weighted by molar-refractivity contribution is 0.411. The number of para-hydroxylation sites is 3. The Morgan fingerprint density at radius 1 is 0.667 bits per heavy atom. The molecule has 3 rings (SSSR count). The van der Waals surface area contributed by atoms with E-state index < -0.39 is 0 Å². The summed E-state index contributed by atoms with van der Waals surface area (Å²) < 4.78 is 5.64. The third-order valence-electron chi connectivity index (χ3n) is 3.01. The highest BCUT2D eigenvalue weighted by Gasteiger charge is 2.02. The molecule has 3 aromatic carbocycles. The highest BCUT2D eigenvalue weighted by Crippen LogP contribution is 2.30. The average molecular weight is 277 g/mol. The van der Waals surface area contributed by atoms with Crippen LogP contribution in [0.1, 0.15) is 0 Å². The summed E-state index contributed by atoms with van der Waals surface area (Å²) in [4.78, 5) is 0. The molecular weight excluding hydrogens is 262 g/mol. The first-order valence-electron chi connectivity index (χ1n) is 6.69. The molecular formula is C18H15NO2. The van der Waals surface area contributed by atoms with Crippen LogP contribution in [0.2, 0.25) is 0 Å². The van der Waals surface area contributed by atoms with Gasteiger partial charge in [0.2, 0.25) is 0 Å². The van der Waals surface area contributed by atoms with Crippen LogP contribution in [0.3, 0.4) is 0 Å². The summed E-state index contributed by atoms with van der Waals surface area (Å²) in [6.45, 7) is 0. The third kappa shape index (κ3) is 3.34. The molecule has 2 N–H and O–H groups in total. The Morgan fingerprint density at radius 2 is 1.29 bits per heavy atom. The van der Waals surface area contributed by atoms with Crippen molar-refractivity contribution in [1.29, 1.82) is 0 Å². The number of benzene rings is 3. The molecule has 0 bridgehead atoms. The molecule has 0 amide bonds. The van der Waals surface area contributed by atoms with Crippen molar-refractivity contribution in [1.82, 2.24) is 0 Å². The average Bonchev–Trinajstić information content (AvgIpc) is 2.52. The third-order valence-corrected chi connectivity index (χ3v) is 3.01. The van der Waals surface area contributed by atoms with Crippen LogP contribution >= 0.6 is 0 Å². The fourth-order valence-corrected chi connectivity index (χ4v) is 1.96. The first-order chi connectivity index (χ1) is 10.3. The molecule has 0 unspecified atom stereocenters. The first kappa shape index (κ1) is 13.1. The van der Waals surface area contributed by atoms with Crippen molar-refractivity contribution in [2.75, 3.05) is 5.32 Å². The first-order valence-corrected chi connectivity index (χ1v) is 6.69. The second-order valence-corrected chi connectivity index (χ2v) is 4.59. The van der Waals surface area contributed by atoms with Gasteiger partial charge in [-0.15, -0.1) is 0 Å². The van der Waals surface area contributed by atoms with E-state index in [0.717, 1.165) is 11.4 Å². The van der Waals surface area contributed by atoms with E-state index in [0.29, 0.717) is 11.5 Å². The molecule has 21 heavy (non-hydrogen) atoms. The zero-order valence-corrected chi connectivity index (χ0v) is 11.4. The van der Waals surface area contributed by atoms with Crippen molar-refractivity contribution in [2.45, 2.75) is 0 Å². The molecule has 3 heteroatoms. The lowest BCUT2D eigenvalue weighted by atomic mass is 10.2. The van der Waals surface area contributed by atoms with Crippen LogP contribution in [0.5, 0.6) is 17.2 Å². The molecule has 0 saturated carbocycles. The highest BCUT2D eigenvalue weighted by molar-refractivity contribution is 5.60. The SMILES string of the molecule is Oc1ccccc1Oc1ccc(Nc2ccccc2)cc1. The van der Waals surface area contributed by atoms with Crippen LogP contribution in [0.25, 0.3) is 0 Å². The van der Waals surface area contributed by atoms with Gasteiger partial charge in [0, 0.05) is 11.4 Å². The molecule has 0 aliphatic heterocycles. The minimum absolute atomic E-state index is 0.129. The topological polar surface area (TPSA) is 41.5 Å². The summed E-state index contributed by atoms with van der Waals surface area (Å²) in [5.41, 5.74) is 2.01. The van der Waals surface area contributed by atoms with Gasteiger partial charge in [0.1, 0.15) is 5.75 Å². The molecule has 0 atom stereocenters. The number of hydrogen-bond donors (Lipinski definition) is 2. The normalized spacial score (nSPS) is 10.1. The van der Waals surface area contributed by atoms with Crippen LogP contribution in [-0.2, 0) is 0 Å². The van der Waals surface area contributed by atoms with Gasteiger partial charge in [-0.1, -0.05) is 30.3 Å². The van der Waals surface area contributed by atoms with E-state index in [2.05, 4.69) is 5.32 Å². The maximum atomic E-state index is 9.68. The Labute approximate surface area is 123 Å². The number of aromatic hydroxyl groups is 1. The van der Waals surface area contributed by atoms with Gasteiger partial charge in [0.25, 0.3) is 0 Å². The van der Waals surface area contributed by atoms with Crippen molar-refractivity contribution in [3.8, 4) is 17.2 Å². The molecule has 0 heterocycles. The molecule has 3 nitrogen and oxygen atoms in total. The predicted molar refractivity (Wildman–Crippen MR) is 84.3 cm³/mol. The number of hydrogen-bond acceptors (Lipinski definition) is 3. The van der Waals surface area contributed by atoms with Crippen molar-refractivity contribution >= 4 is 11.4 Å². The van der Waals surface area contributed by atoms with Crippen molar-refractivity contribution in [3.05, 3.63) is 78.9 Å². The zero-order chi connectivity index (χ0) is 14.5. The van der Waals surface area contributed by atoms with E-state index in [1.54, 1.807) is 18.2 Å². The van der Waals surface area contributed by atoms with E-state index in [9.17, 15) is 5.11 Å². The Hall–Kier alpha value is -2.94. The fourth-order valence-electron chi connectivity index (χ4n) is 1.96. The largest absolute Gasteiger partial charge is 0.504 e. The number of anilines is 2. The summed E-state index contributed by atoms with van der Waals surface area (Å²) in [5, 5.41) is 13.0. The molecule has 104 valence electrons. The smallest absolute Gasteiger partial charge is 0.169 e. The van der Waals surface area contributed by atoms with Gasteiger partial charge in [0.05, 0.1) is 0 Å². The molecule has 0 spiro atoms. The summed E-state index contributed by atoms with van der Waals surface area (Å²) in [6, 6.07) is 24.4. The maximum Gasteiger partial charge on any atom is 0.169 e. The van der Waals surface area contributed by atoms with Crippen LogP contribution in [0, 0.1) is 0 Å². The predicted octanol–water partition coefficient (Wildman–Crippen LogP) is 4.93. The van der Waals surface area contributed by atoms with Gasteiger partial charge >= 0.3 is 0 Å². The molecule has 0 radical (unpaired) electrons. The molecule has 0 aromatic heterocycles. The number of nitrogens with one attached hydrogen (secondary N) is 1. The Kier molecular flexibility index (Phi) is 3.74. The number of phenols is 1. The van der Waals surface area contributed by atoms with Crippen LogP contribution < -0.4 is 10.1 Å². The second kappa shape index (κ2) is 6.01. The van der Waals surface area contributed by atoms with Gasteiger partial charge in [-0.25, -0.2) is 0 Å².